The minimum absolute atomic E-state index is 0.0458. The molecule has 1 heterocycles. The standard InChI is InChI=1S/C26H31NO4/c1-7-8-11-27-23(28)20-10-9-18(14-21(20)24(27)29)25(30)31-15-22-16(2)12-19(13-17(22)3)26(4,5)6/h9-10,12-14H,7-8,11,15H2,1-6H3. The maximum atomic E-state index is 12.7. The van der Waals surface area contributed by atoms with Gasteiger partial charge in [-0.1, -0.05) is 46.2 Å². The Morgan fingerprint density at radius 3 is 2.16 bits per heavy atom. The van der Waals surface area contributed by atoms with Gasteiger partial charge in [0.1, 0.15) is 6.61 Å². The van der Waals surface area contributed by atoms with Gasteiger partial charge >= 0.3 is 5.97 Å². The molecule has 0 radical (unpaired) electrons. The summed E-state index contributed by atoms with van der Waals surface area (Å²) in [5.41, 5.74) is 5.34. The number of imide groups is 1. The Hall–Kier alpha value is -2.95. The number of ether oxygens (including phenoxy) is 1. The normalized spacial score (nSPS) is 13.5. The highest BCUT2D eigenvalue weighted by molar-refractivity contribution is 6.21. The van der Waals surface area contributed by atoms with Gasteiger partial charge in [0.25, 0.3) is 11.8 Å². The largest absolute Gasteiger partial charge is 0.457 e. The van der Waals surface area contributed by atoms with E-state index < -0.39 is 5.97 Å². The van der Waals surface area contributed by atoms with Crippen molar-refractivity contribution in [3.8, 4) is 0 Å². The maximum absolute atomic E-state index is 12.7. The van der Waals surface area contributed by atoms with Crippen molar-refractivity contribution in [3.63, 3.8) is 0 Å². The number of hydrogen-bond donors (Lipinski definition) is 0. The molecular formula is C26H31NO4. The first-order valence-corrected chi connectivity index (χ1v) is 10.8. The minimum atomic E-state index is -0.506. The fourth-order valence-electron chi connectivity index (χ4n) is 3.81. The number of rotatable bonds is 6. The fraction of sp³-hybridized carbons (Fsp3) is 0.423. The van der Waals surface area contributed by atoms with Crippen molar-refractivity contribution >= 4 is 17.8 Å². The Bertz CT molecular complexity index is 1020. The zero-order valence-electron chi connectivity index (χ0n) is 19.3. The summed E-state index contributed by atoms with van der Waals surface area (Å²) in [4.78, 5) is 39.0. The number of hydrogen-bond acceptors (Lipinski definition) is 4. The molecule has 0 aliphatic carbocycles. The lowest BCUT2D eigenvalue weighted by Gasteiger charge is -2.22. The summed E-state index contributed by atoms with van der Waals surface area (Å²) in [6.07, 6.45) is 1.65. The highest BCUT2D eigenvalue weighted by Crippen LogP contribution is 2.28. The van der Waals surface area contributed by atoms with Crippen LogP contribution in [0.5, 0.6) is 0 Å². The molecule has 0 saturated carbocycles. The average Bonchev–Trinajstić information content (AvgIpc) is 2.94. The summed E-state index contributed by atoms with van der Waals surface area (Å²) in [6, 6.07) is 8.86. The van der Waals surface area contributed by atoms with Gasteiger partial charge in [0.2, 0.25) is 0 Å². The molecule has 0 saturated heterocycles. The number of nitrogens with zero attached hydrogens (tertiary/aromatic N) is 1. The van der Waals surface area contributed by atoms with Crippen LogP contribution in [-0.4, -0.2) is 29.2 Å². The van der Waals surface area contributed by atoms with E-state index in [1.807, 2.05) is 20.8 Å². The molecule has 0 unspecified atom stereocenters. The van der Waals surface area contributed by atoms with Crippen LogP contribution in [-0.2, 0) is 16.8 Å². The number of carbonyl (C=O) groups is 3. The molecule has 2 aromatic rings. The summed E-state index contributed by atoms with van der Waals surface area (Å²) in [5, 5.41) is 0. The summed E-state index contributed by atoms with van der Waals surface area (Å²) in [7, 11) is 0. The molecule has 0 N–H and O–H groups in total. The van der Waals surface area contributed by atoms with Crippen LogP contribution in [0.15, 0.2) is 30.3 Å². The van der Waals surface area contributed by atoms with E-state index >= 15 is 0 Å². The first-order valence-electron chi connectivity index (χ1n) is 10.8. The van der Waals surface area contributed by atoms with Crippen LogP contribution >= 0.6 is 0 Å². The summed E-state index contributed by atoms with van der Waals surface area (Å²) in [6.45, 7) is 13.1. The first kappa shape index (κ1) is 22.7. The van der Waals surface area contributed by atoms with Gasteiger partial charge in [0, 0.05) is 6.54 Å². The molecule has 0 spiro atoms. The van der Waals surface area contributed by atoms with Crippen LogP contribution in [0.3, 0.4) is 0 Å². The van der Waals surface area contributed by atoms with E-state index in [0.29, 0.717) is 12.1 Å². The quantitative estimate of drug-likeness (QED) is 0.466. The van der Waals surface area contributed by atoms with Crippen molar-refractivity contribution < 1.29 is 19.1 Å². The highest BCUT2D eigenvalue weighted by atomic mass is 16.5. The Balaban J connectivity index is 1.76. The Kier molecular flexibility index (Phi) is 6.35. The predicted molar refractivity (Wildman–Crippen MR) is 120 cm³/mol. The van der Waals surface area contributed by atoms with Crippen LogP contribution in [0.1, 0.15) is 93.9 Å². The SMILES string of the molecule is CCCCN1C(=O)c2ccc(C(=O)OCc3c(C)cc(C(C)(C)C)cc3C)cc2C1=O. The molecule has 5 heteroatoms. The van der Waals surface area contributed by atoms with Crippen molar-refractivity contribution in [1.29, 1.82) is 0 Å². The Morgan fingerprint density at radius 2 is 1.58 bits per heavy atom. The second kappa shape index (κ2) is 8.66. The van der Waals surface area contributed by atoms with Gasteiger partial charge in [-0.3, -0.25) is 14.5 Å². The van der Waals surface area contributed by atoms with Crippen LogP contribution < -0.4 is 0 Å². The molecule has 164 valence electrons. The number of aryl methyl sites for hydroxylation is 2. The number of carbonyl (C=O) groups excluding carboxylic acids is 3. The molecule has 2 amide bonds. The lowest BCUT2D eigenvalue weighted by atomic mass is 9.84. The second-order valence-electron chi connectivity index (χ2n) is 9.29. The van der Waals surface area contributed by atoms with Crippen LogP contribution in [0.2, 0.25) is 0 Å². The van der Waals surface area contributed by atoms with Gasteiger partial charge in [0.05, 0.1) is 16.7 Å². The van der Waals surface area contributed by atoms with E-state index in [9.17, 15) is 14.4 Å². The lowest BCUT2D eigenvalue weighted by Crippen LogP contribution is -2.30. The predicted octanol–water partition coefficient (Wildman–Crippen LogP) is 5.35. The molecule has 5 nitrogen and oxygen atoms in total. The topological polar surface area (TPSA) is 63.7 Å². The van der Waals surface area contributed by atoms with Crippen molar-refractivity contribution in [2.45, 2.75) is 66.4 Å². The molecule has 0 aromatic heterocycles. The smallest absolute Gasteiger partial charge is 0.338 e. The average molecular weight is 422 g/mol. The Labute approximate surface area is 184 Å². The number of amides is 2. The second-order valence-corrected chi connectivity index (χ2v) is 9.29. The summed E-state index contributed by atoms with van der Waals surface area (Å²) < 4.78 is 5.57. The fourth-order valence-corrected chi connectivity index (χ4v) is 3.81. The van der Waals surface area contributed by atoms with Crippen LogP contribution in [0.4, 0.5) is 0 Å². The third kappa shape index (κ3) is 4.55. The molecule has 3 rings (SSSR count). The maximum Gasteiger partial charge on any atom is 0.338 e. The van der Waals surface area contributed by atoms with E-state index in [1.54, 1.807) is 12.1 Å². The van der Waals surface area contributed by atoms with E-state index in [-0.39, 0.29) is 35.0 Å². The first-order chi connectivity index (χ1) is 14.5. The summed E-state index contributed by atoms with van der Waals surface area (Å²) in [5.74, 6) is -1.14. The van der Waals surface area contributed by atoms with Gasteiger partial charge in [-0.2, -0.15) is 0 Å². The number of unbranched alkanes of at least 4 members (excludes halogenated alkanes) is 1. The molecule has 0 bridgehead atoms. The van der Waals surface area contributed by atoms with Gasteiger partial charge in [-0.25, -0.2) is 4.79 Å². The number of esters is 1. The van der Waals surface area contributed by atoms with Crippen molar-refractivity contribution in [2.24, 2.45) is 0 Å². The van der Waals surface area contributed by atoms with Gasteiger partial charge in [-0.15, -0.1) is 0 Å². The molecule has 2 aromatic carbocycles. The monoisotopic (exact) mass is 421 g/mol. The van der Waals surface area contributed by atoms with Crippen molar-refractivity contribution in [1.82, 2.24) is 4.90 Å². The van der Waals surface area contributed by atoms with E-state index in [0.717, 1.165) is 29.5 Å². The zero-order valence-corrected chi connectivity index (χ0v) is 19.3. The van der Waals surface area contributed by atoms with Crippen LogP contribution in [0.25, 0.3) is 0 Å². The lowest BCUT2D eigenvalue weighted by molar-refractivity contribution is 0.0471. The molecule has 1 aliphatic heterocycles. The van der Waals surface area contributed by atoms with Gasteiger partial charge in [-0.05, 0) is 66.1 Å². The van der Waals surface area contributed by atoms with E-state index in [1.165, 1.54) is 16.5 Å². The molecule has 0 atom stereocenters. The van der Waals surface area contributed by atoms with E-state index in [4.69, 9.17) is 4.74 Å². The zero-order chi connectivity index (χ0) is 22.9. The third-order valence-corrected chi connectivity index (χ3v) is 5.85. The highest BCUT2D eigenvalue weighted by Gasteiger charge is 2.35. The number of fused-ring (bicyclic) bond motifs is 1. The molecular weight excluding hydrogens is 390 g/mol. The van der Waals surface area contributed by atoms with Crippen LogP contribution in [0, 0.1) is 13.8 Å². The van der Waals surface area contributed by atoms with Crippen molar-refractivity contribution in [3.05, 3.63) is 69.3 Å². The van der Waals surface area contributed by atoms with Gasteiger partial charge < -0.3 is 4.74 Å². The molecule has 1 aliphatic rings. The van der Waals surface area contributed by atoms with E-state index in [2.05, 4.69) is 32.9 Å². The molecule has 0 fully saturated rings. The minimum Gasteiger partial charge on any atom is -0.457 e. The third-order valence-electron chi connectivity index (χ3n) is 5.85. The Morgan fingerprint density at radius 1 is 0.968 bits per heavy atom. The van der Waals surface area contributed by atoms with Crippen molar-refractivity contribution in [2.75, 3.05) is 6.54 Å². The van der Waals surface area contributed by atoms with Gasteiger partial charge in [0.15, 0.2) is 0 Å². The molecule has 31 heavy (non-hydrogen) atoms. The summed E-state index contributed by atoms with van der Waals surface area (Å²) >= 11 is 0. The number of benzene rings is 2.